The Morgan fingerprint density at radius 3 is 2.49 bits per heavy atom. The highest BCUT2D eigenvalue weighted by Gasteiger charge is 2.36. The molecule has 1 heterocycles. The molecule has 3 aromatic rings. The minimum absolute atomic E-state index is 0.103. The zero-order chi connectivity index (χ0) is 30.0. The molecule has 11 heteroatoms. The van der Waals surface area contributed by atoms with Gasteiger partial charge in [0.2, 0.25) is 0 Å². The predicted molar refractivity (Wildman–Crippen MR) is 156 cm³/mol. The molecular weight excluding hydrogens is 553 g/mol. The van der Waals surface area contributed by atoms with E-state index in [0.717, 1.165) is 37.5 Å². The van der Waals surface area contributed by atoms with Gasteiger partial charge in [-0.05, 0) is 82.5 Å². The van der Waals surface area contributed by atoms with E-state index in [1.165, 1.54) is 16.7 Å². The summed E-state index contributed by atoms with van der Waals surface area (Å²) in [4.78, 5) is 2.32. The van der Waals surface area contributed by atoms with Crippen molar-refractivity contribution >= 4 is 26.4 Å². The largest absolute Gasteiger partial charge is 0.492 e. The monoisotopic (exact) mass is 590 g/mol. The minimum atomic E-state index is -4.44. The van der Waals surface area contributed by atoms with E-state index in [1.807, 2.05) is 20.2 Å². The van der Waals surface area contributed by atoms with Crippen LogP contribution in [0.1, 0.15) is 43.9 Å². The maximum Gasteiger partial charge on any atom is 0.406 e. The Morgan fingerprint density at radius 2 is 1.88 bits per heavy atom. The topological polar surface area (TPSA) is 89.6 Å². The van der Waals surface area contributed by atoms with Crippen LogP contribution in [0, 0.1) is 11.8 Å². The summed E-state index contributed by atoms with van der Waals surface area (Å²) in [6.07, 6.45) is -0.0139. The van der Waals surface area contributed by atoms with E-state index in [1.54, 1.807) is 31.2 Å². The van der Waals surface area contributed by atoms with E-state index in [4.69, 9.17) is 10.5 Å². The average molecular weight is 591 g/mol. The second-order valence-corrected chi connectivity index (χ2v) is 12.9. The fourth-order valence-electron chi connectivity index (χ4n) is 5.50. The molecule has 1 saturated carbocycles. The highest BCUT2D eigenvalue weighted by atomic mass is 32.2. The maximum atomic E-state index is 13.7. The summed E-state index contributed by atoms with van der Waals surface area (Å²) in [5.74, 6) is 6.18. The van der Waals surface area contributed by atoms with Gasteiger partial charge in [-0.2, -0.15) is 13.2 Å². The molecule has 2 aromatic carbocycles. The van der Waals surface area contributed by atoms with Gasteiger partial charge in [0, 0.05) is 34.8 Å². The summed E-state index contributed by atoms with van der Waals surface area (Å²) in [5.41, 5.74) is 8.36. The number of nitrogens with zero attached hydrogens (tertiary/aromatic N) is 2. The van der Waals surface area contributed by atoms with E-state index >= 15 is 0 Å². The SMILES string of the molecule is CCOc1cc(S(C)(=O)=O)ccc1NCC#Cc1cc2c(C3(N)CCC(N(C)C)CC3)cccc2n1CC(F)(F)F. The van der Waals surface area contributed by atoms with Crippen molar-refractivity contribution in [2.45, 2.75) is 61.8 Å². The van der Waals surface area contributed by atoms with Crippen molar-refractivity contribution in [2.75, 3.05) is 38.8 Å². The number of aromatic nitrogens is 1. The lowest BCUT2D eigenvalue weighted by Gasteiger charge is -2.40. The predicted octanol–water partition coefficient (Wildman–Crippen LogP) is 5.13. The number of nitrogens with two attached hydrogens (primary N) is 1. The van der Waals surface area contributed by atoms with Gasteiger partial charge in [-0.15, -0.1) is 0 Å². The van der Waals surface area contributed by atoms with Crippen molar-refractivity contribution in [1.29, 1.82) is 0 Å². The zero-order valence-electron chi connectivity index (χ0n) is 23.8. The lowest BCUT2D eigenvalue weighted by Crippen LogP contribution is -2.44. The van der Waals surface area contributed by atoms with Gasteiger partial charge >= 0.3 is 6.18 Å². The minimum Gasteiger partial charge on any atom is -0.492 e. The molecule has 1 aromatic heterocycles. The van der Waals surface area contributed by atoms with Crippen LogP contribution >= 0.6 is 0 Å². The summed E-state index contributed by atoms with van der Waals surface area (Å²) in [6, 6.07) is 12.0. The third-order valence-corrected chi connectivity index (χ3v) is 8.77. The Labute approximate surface area is 239 Å². The van der Waals surface area contributed by atoms with Crippen LogP contribution in [-0.4, -0.2) is 63.6 Å². The molecule has 0 radical (unpaired) electrons. The van der Waals surface area contributed by atoms with Gasteiger partial charge in [-0.3, -0.25) is 0 Å². The lowest BCUT2D eigenvalue weighted by atomic mass is 9.74. The Morgan fingerprint density at radius 1 is 1.17 bits per heavy atom. The Kier molecular flexibility index (Phi) is 8.97. The molecular formula is C30H37F3N4O3S. The summed E-state index contributed by atoms with van der Waals surface area (Å²) in [7, 11) is 0.681. The number of benzene rings is 2. The van der Waals surface area contributed by atoms with Gasteiger partial charge in [0.15, 0.2) is 9.84 Å². The molecule has 0 spiro atoms. The average Bonchev–Trinajstić information content (AvgIpc) is 3.22. The van der Waals surface area contributed by atoms with Gasteiger partial charge in [0.1, 0.15) is 12.3 Å². The normalized spacial score (nSPS) is 19.7. The van der Waals surface area contributed by atoms with Crippen LogP contribution in [0.2, 0.25) is 0 Å². The second-order valence-electron chi connectivity index (χ2n) is 10.8. The van der Waals surface area contributed by atoms with Crippen molar-refractivity contribution in [3.05, 3.63) is 53.7 Å². The molecule has 41 heavy (non-hydrogen) atoms. The summed E-state index contributed by atoms with van der Waals surface area (Å²) in [5, 5.41) is 3.77. The molecule has 1 fully saturated rings. The van der Waals surface area contributed by atoms with Crippen LogP contribution in [0.25, 0.3) is 10.9 Å². The first-order valence-corrected chi connectivity index (χ1v) is 15.5. The Bertz CT molecular complexity index is 1560. The smallest absolute Gasteiger partial charge is 0.406 e. The molecule has 1 aliphatic rings. The summed E-state index contributed by atoms with van der Waals surface area (Å²) >= 11 is 0. The van der Waals surface area contributed by atoms with E-state index in [2.05, 4.69) is 22.1 Å². The molecule has 0 bridgehead atoms. The number of halogens is 3. The van der Waals surface area contributed by atoms with Crippen LogP contribution in [0.15, 0.2) is 47.4 Å². The van der Waals surface area contributed by atoms with Crippen molar-refractivity contribution in [3.63, 3.8) is 0 Å². The standard InChI is InChI=1S/C30H37F3N4O3S/c1-5-40-28-19-23(41(4,38)39)11-12-26(28)35-17-7-8-22-18-24-25(29(34)15-13-21(14-16-29)36(2)3)9-6-10-27(24)37(22)20-30(31,32)33/h6,9-12,18-19,21,35H,5,13-17,20,34H2,1-4H3. The molecule has 0 atom stereocenters. The molecule has 222 valence electrons. The van der Waals surface area contributed by atoms with E-state index < -0.39 is 28.1 Å². The van der Waals surface area contributed by atoms with E-state index in [9.17, 15) is 21.6 Å². The van der Waals surface area contributed by atoms with Crippen molar-refractivity contribution in [3.8, 4) is 17.6 Å². The van der Waals surface area contributed by atoms with Gasteiger partial charge in [0.05, 0.1) is 29.4 Å². The highest BCUT2D eigenvalue weighted by molar-refractivity contribution is 7.90. The maximum absolute atomic E-state index is 13.7. The van der Waals surface area contributed by atoms with Crippen LogP contribution in [0.4, 0.5) is 18.9 Å². The lowest BCUT2D eigenvalue weighted by molar-refractivity contribution is -0.140. The van der Waals surface area contributed by atoms with Gasteiger partial charge in [-0.1, -0.05) is 18.1 Å². The first-order chi connectivity index (χ1) is 19.2. The summed E-state index contributed by atoms with van der Waals surface area (Å²) in [6.45, 7) is 1.04. The molecule has 0 amide bonds. The van der Waals surface area contributed by atoms with E-state index in [-0.39, 0.29) is 17.1 Å². The van der Waals surface area contributed by atoms with Crippen molar-refractivity contribution in [2.24, 2.45) is 5.73 Å². The highest BCUT2D eigenvalue weighted by Crippen LogP contribution is 2.40. The number of sulfone groups is 1. The van der Waals surface area contributed by atoms with Crippen LogP contribution in [0.5, 0.6) is 5.75 Å². The van der Waals surface area contributed by atoms with Crippen LogP contribution in [-0.2, 0) is 21.9 Å². The van der Waals surface area contributed by atoms with Gasteiger partial charge in [-0.25, -0.2) is 8.42 Å². The number of fused-ring (bicyclic) bond motifs is 1. The Balaban J connectivity index is 1.65. The van der Waals surface area contributed by atoms with Crippen molar-refractivity contribution < 1.29 is 26.3 Å². The van der Waals surface area contributed by atoms with Gasteiger partial charge in [0.25, 0.3) is 0 Å². The molecule has 0 unspecified atom stereocenters. The number of hydrogen-bond acceptors (Lipinski definition) is 6. The fourth-order valence-corrected chi connectivity index (χ4v) is 6.14. The third-order valence-electron chi connectivity index (χ3n) is 7.66. The number of ether oxygens (including phenoxy) is 1. The molecule has 7 nitrogen and oxygen atoms in total. The molecule has 1 aliphatic carbocycles. The van der Waals surface area contributed by atoms with E-state index in [0.29, 0.717) is 35.0 Å². The first kappa shape index (κ1) is 30.8. The third kappa shape index (κ3) is 7.18. The first-order valence-electron chi connectivity index (χ1n) is 13.6. The number of anilines is 1. The second kappa shape index (κ2) is 12.0. The quantitative estimate of drug-likeness (QED) is 0.354. The van der Waals surface area contributed by atoms with Crippen LogP contribution < -0.4 is 15.8 Å². The van der Waals surface area contributed by atoms with Crippen molar-refractivity contribution in [1.82, 2.24) is 9.47 Å². The Hall–Kier alpha value is -3.20. The molecule has 4 rings (SSSR count). The molecule has 0 aliphatic heterocycles. The molecule has 0 saturated heterocycles. The zero-order valence-corrected chi connectivity index (χ0v) is 24.6. The van der Waals surface area contributed by atoms with Crippen LogP contribution in [0.3, 0.4) is 0 Å². The van der Waals surface area contributed by atoms with Gasteiger partial charge < -0.3 is 25.3 Å². The number of alkyl halides is 3. The number of hydrogen-bond donors (Lipinski definition) is 2. The summed E-state index contributed by atoms with van der Waals surface area (Å²) < 4.78 is 71.6. The molecule has 3 N–H and O–H groups in total. The fraction of sp³-hybridized carbons (Fsp3) is 0.467. The number of nitrogens with one attached hydrogen (secondary N) is 1. The number of rotatable bonds is 8.